The van der Waals surface area contributed by atoms with Gasteiger partial charge in [0.2, 0.25) is 0 Å². The Hall–Kier alpha value is -16.4. The summed E-state index contributed by atoms with van der Waals surface area (Å²) in [6.45, 7) is 4.67. The van der Waals surface area contributed by atoms with Crippen LogP contribution in [0.1, 0.15) is 25.0 Å². The topological polar surface area (TPSA) is 24.6 Å². The maximum absolute atomic E-state index is 2.42. The summed E-state index contributed by atoms with van der Waals surface area (Å²) < 4.78 is 14.6. The van der Waals surface area contributed by atoms with Crippen LogP contribution >= 0.6 is 11.3 Å². The molecule has 0 atom stereocenters. The number of aromatic nitrogens is 5. The largest absolute Gasteiger partial charge is 0.309 e. The number of para-hydroxylation sites is 9. The van der Waals surface area contributed by atoms with Gasteiger partial charge in [0.1, 0.15) is 0 Å². The third-order valence-electron chi connectivity index (χ3n) is 27.0. The fourth-order valence-electron chi connectivity index (χ4n) is 21.0. The van der Waals surface area contributed by atoms with Crippen molar-refractivity contribution in [3.63, 3.8) is 0 Å². The molecular formula is C123H83N5S. The Morgan fingerprint density at radius 1 is 0.163 bits per heavy atom. The SMILES string of the molecule is CC1(C)c2ccccc2-c2cc(-c3ccc4c(c3)c3ccccc3n4-c3ccccc3)ccc21.c1ccc(-n2c3ccccc3c3c(-c4ccc(-c5ccc6c(c5)sc5ccccc56)cc4)cccc32)cc1.c1ccc(-n2c3ccccc3c3ccc(-c4ccc5c(c4)c4ccc(-c6ccc7c8ccccc8n(-c8ccccc8)c7c6)cc4n5-c4ccccc4)cc32)cc1. The molecule has 606 valence electrons. The molecule has 129 heavy (non-hydrogen) atoms. The Balaban J connectivity index is 0.000000109. The third-order valence-corrected chi connectivity index (χ3v) is 28.2. The molecule has 0 aliphatic heterocycles. The van der Waals surface area contributed by atoms with E-state index in [0.717, 1.165) is 11.4 Å². The number of nitrogens with zero attached hydrogens (tertiary/aromatic N) is 5. The van der Waals surface area contributed by atoms with Gasteiger partial charge in [-0.2, -0.15) is 0 Å². The second-order valence-electron chi connectivity index (χ2n) is 34.6. The van der Waals surface area contributed by atoms with Gasteiger partial charge in [-0.1, -0.05) is 329 Å². The first-order chi connectivity index (χ1) is 63.8. The molecule has 6 heteroatoms. The molecule has 6 aromatic heterocycles. The molecule has 0 radical (unpaired) electrons. The first-order valence-electron chi connectivity index (χ1n) is 44.5. The van der Waals surface area contributed by atoms with E-state index in [1.807, 2.05) is 11.3 Å². The molecule has 5 nitrogen and oxygen atoms in total. The summed E-state index contributed by atoms with van der Waals surface area (Å²) >= 11 is 1.87. The molecule has 0 unspecified atom stereocenters. The van der Waals surface area contributed by atoms with Gasteiger partial charge in [-0.25, -0.2) is 0 Å². The molecule has 0 amide bonds. The molecule has 6 heterocycles. The molecule has 20 aromatic carbocycles. The van der Waals surface area contributed by atoms with Crippen molar-refractivity contribution in [2.45, 2.75) is 19.3 Å². The normalized spacial score (nSPS) is 12.3. The average Bonchev–Trinajstić information content (AvgIpc) is 1.58. The van der Waals surface area contributed by atoms with Crippen molar-refractivity contribution < 1.29 is 0 Å². The van der Waals surface area contributed by atoms with Gasteiger partial charge in [-0.15, -0.1) is 11.3 Å². The zero-order chi connectivity index (χ0) is 85.4. The van der Waals surface area contributed by atoms with Crippen LogP contribution in [-0.4, -0.2) is 22.8 Å². The van der Waals surface area contributed by atoms with Gasteiger partial charge in [-0.05, 0) is 230 Å². The van der Waals surface area contributed by atoms with Crippen LogP contribution in [0, 0.1) is 0 Å². The lowest BCUT2D eigenvalue weighted by Crippen LogP contribution is -2.14. The molecule has 0 N–H and O–H groups in total. The Kier molecular flexibility index (Phi) is 17.8. The maximum Gasteiger partial charge on any atom is 0.0547 e. The minimum absolute atomic E-state index is 0.0392. The Labute approximate surface area is 750 Å². The van der Waals surface area contributed by atoms with Crippen molar-refractivity contribution in [2.24, 2.45) is 0 Å². The predicted octanol–water partition coefficient (Wildman–Crippen LogP) is 33.6. The quantitative estimate of drug-likeness (QED) is 0.130. The van der Waals surface area contributed by atoms with Gasteiger partial charge in [0.05, 0.1) is 55.2 Å². The van der Waals surface area contributed by atoms with Crippen molar-refractivity contribution in [3.05, 3.63) is 478 Å². The fraction of sp³-hybridized carbons (Fsp3) is 0.0244. The van der Waals surface area contributed by atoms with Crippen LogP contribution in [0.3, 0.4) is 0 Å². The number of hydrogen-bond acceptors (Lipinski definition) is 1. The lowest BCUT2D eigenvalue weighted by molar-refractivity contribution is 0.660. The maximum atomic E-state index is 2.42. The van der Waals surface area contributed by atoms with Crippen molar-refractivity contribution in [1.82, 2.24) is 22.8 Å². The van der Waals surface area contributed by atoms with Crippen LogP contribution in [0.15, 0.2) is 467 Å². The van der Waals surface area contributed by atoms with E-state index < -0.39 is 0 Å². The molecule has 0 saturated carbocycles. The van der Waals surface area contributed by atoms with Crippen molar-refractivity contribution in [1.29, 1.82) is 0 Å². The standard InChI is InChI=1S/C54H35N3.C36H23NS.C33H25N/c1-4-14-40(15-5-1)55-49-22-12-10-20-43(49)45-28-24-37(33-52(45)55)36-27-31-51-48(32-36)47-30-26-39(35-54(47)57(51)42-18-8-3-9-19-42)38-25-29-46-44-21-11-13-23-50(44)56(53(46)34-38)41-16-6-2-7-17-41;1-2-9-27(10-3-1)37-32-14-6-4-12-31(32)36-28(13-8-15-33(36)37)25-19-17-24(18-20-25)26-21-22-30-29-11-5-7-16-34(29)38-35(30)23-26;1-33(2)29-14-8-6-12-25(29)27-20-22(16-18-30(27)33)23-17-19-32-28(21-23)26-13-7-9-15-31(26)34(32)24-10-4-3-5-11-24/h1-35H;1-23H;3-21H,1-2H3. The lowest BCUT2D eigenvalue weighted by atomic mass is 9.82. The highest BCUT2D eigenvalue weighted by atomic mass is 32.1. The van der Waals surface area contributed by atoms with Gasteiger partial charge in [0.15, 0.2) is 0 Å². The van der Waals surface area contributed by atoms with E-state index in [2.05, 4.69) is 504 Å². The average molecular weight is 1660 g/mol. The van der Waals surface area contributed by atoms with Crippen LogP contribution in [0.5, 0.6) is 0 Å². The van der Waals surface area contributed by atoms with Gasteiger partial charge < -0.3 is 22.8 Å². The van der Waals surface area contributed by atoms with Crippen LogP contribution in [-0.2, 0) is 5.41 Å². The van der Waals surface area contributed by atoms with Crippen LogP contribution in [0.25, 0.3) is 224 Å². The molecule has 0 bridgehead atoms. The summed E-state index contributed by atoms with van der Waals surface area (Å²) in [6, 6.07) is 170. The van der Waals surface area contributed by atoms with E-state index in [4.69, 9.17) is 0 Å². The second kappa shape index (κ2) is 30.5. The number of hydrogen-bond donors (Lipinski definition) is 0. The van der Waals surface area contributed by atoms with Gasteiger partial charge >= 0.3 is 0 Å². The zero-order valence-electron chi connectivity index (χ0n) is 71.1. The van der Waals surface area contributed by atoms with Crippen LogP contribution in [0.2, 0.25) is 0 Å². The highest BCUT2D eigenvalue weighted by Crippen LogP contribution is 2.51. The lowest BCUT2D eigenvalue weighted by Gasteiger charge is -2.21. The summed E-state index contributed by atoms with van der Waals surface area (Å²) in [7, 11) is 0. The van der Waals surface area contributed by atoms with Crippen molar-refractivity contribution in [2.75, 3.05) is 0 Å². The van der Waals surface area contributed by atoms with E-state index in [1.165, 1.54) is 224 Å². The predicted molar refractivity (Wildman–Crippen MR) is 549 cm³/mol. The molecule has 27 rings (SSSR count). The third kappa shape index (κ3) is 12.4. The molecule has 1 aliphatic rings. The fourth-order valence-corrected chi connectivity index (χ4v) is 22.2. The van der Waals surface area contributed by atoms with Crippen molar-refractivity contribution in [3.8, 4) is 95.2 Å². The highest BCUT2D eigenvalue weighted by molar-refractivity contribution is 7.25. The minimum Gasteiger partial charge on any atom is -0.309 e. The molecule has 0 fully saturated rings. The van der Waals surface area contributed by atoms with Gasteiger partial charge in [-0.3, -0.25) is 0 Å². The highest BCUT2D eigenvalue weighted by Gasteiger charge is 2.35. The number of rotatable bonds is 10. The second-order valence-corrected chi connectivity index (χ2v) is 35.7. The summed E-state index contributed by atoms with van der Waals surface area (Å²) in [5.74, 6) is 0. The van der Waals surface area contributed by atoms with Crippen LogP contribution < -0.4 is 0 Å². The zero-order valence-corrected chi connectivity index (χ0v) is 71.9. The smallest absolute Gasteiger partial charge is 0.0547 e. The Bertz CT molecular complexity index is 8930. The monoisotopic (exact) mass is 1660 g/mol. The first-order valence-corrected chi connectivity index (χ1v) is 45.3. The number of thiophene rings is 1. The summed E-state index contributed by atoms with van der Waals surface area (Å²) in [5.41, 5.74) is 35.9. The molecule has 0 saturated heterocycles. The molecular weight excluding hydrogens is 1580 g/mol. The first kappa shape index (κ1) is 75.2. The van der Waals surface area contributed by atoms with E-state index in [-0.39, 0.29) is 5.41 Å². The van der Waals surface area contributed by atoms with Gasteiger partial charge in [0.25, 0.3) is 0 Å². The van der Waals surface area contributed by atoms with Gasteiger partial charge in [0, 0.05) is 108 Å². The Morgan fingerprint density at radius 2 is 0.457 bits per heavy atom. The summed E-state index contributed by atoms with van der Waals surface area (Å²) in [5, 5.41) is 15.4. The van der Waals surface area contributed by atoms with E-state index in [1.54, 1.807) is 0 Å². The minimum atomic E-state index is 0.0392. The number of fused-ring (bicyclic) bond motifs is 21. The van der Waals surface area contributed by atoms with E-state index in [9.17, 15) is 0 Å². The molecule has 26 aromatic rings. The van der Waals surface area contributed by atoms with Crippen molar-refractivity contribution >= 4 is 141 Å². The molecule has 0 spiro atoms. The molecule has 1 aliphatic carbocycles. The summed E-state index contributed by atoms with van der Waals surface area (Å²) in [4.78, 5) is 0. The van der Waals surface area contributed by atoms with E-state index in [0.29, 0.717) is 0 Å². The van der Waals surface area contributed by atoms with Crippen LogP contribution in [0.4, 0.5) is 0 Å². The van der Waals surface area contributed by atoms with E-state index >= 15 is 0 Å². The Morgan fingerprint density at radius 3 is 0.953 bits per heavy atom. The summed E-state index contributed by atoms with van der Waals surface area (Å²) in [6.07, 6.45) is 0. The number of benzene rings is 20.